The molecule has 0 fully saturated rings. The second-order valence-electron chi connectivity index (χ2n) is 2.57. The predicted molar refractivity (Wildman–Crippen MR) is 38.1 cm³/mol. The third-order valence-electron chi connectivity index (χ3n) is 1.84. The molecule has 10 heavy (non-hydrogen) atoms. The highest BCUT2D eigenvalue weighted by Gasteiger charge is 2.14. The Morgan fingerprint density at radius 1 is 1.50 bits per heavy atom. The van der Waals surface area contributed by atoms with E-state index in [4.69, 9.17) is 4.74 Å². The Kier molecular flexibility index (Phi) is 1.38. The van der Waals surface area contributed by atoms with Gasteiger partial charge in [0.1, 0.15) is 5.76 Å². The van der Waals surface area contributed by atoms with Gasteiger partial charge in [0.05, 0.1) is 0 Å². The van der Waals surface area contributed by atoms with E-state index in [0.717, 1.165) is 18.6 Å². The third kappa shape index (κ3) is 0.897. The molecule has 0 saturated carbocycles. The molecule has 1 heterocycles. The minimum atomic E-state index is 0.509. The summed E-state index contributed by atoms with van der Waals surface area (Å²) in [7, 11) is 0. The van der Waals surface area contributed by atoms with E-state index in [2.05, 4.69) is 11.4 Å². The second-order valence-corrected chi connectivity index (χ2v) is 2.57. The maximum absolute atomic E-state index is 5.31. The van der Waals surface area contributed by atoms with E-state index in [1.54, 1.807) is 0 Å². The molecule has 0 N–H and O–H groups in total. The molecule has 2 nitrogen and oxygen atoms in total. The Morgan fingerprint density at radius 2 is 2.50 bits per heavy atom. The van der Waals surface area contributed by atoms with E-state index in [1.165, 1.54) is 12.0 Å². The van der Waals surface area contributed by atoms with Crippen molar-refractivity contribution in [3.05, 3.63) is 23.6 Å². The van der Waals surface area contributed by atoms with Crippen molar-refractivity contribution in [1.29, 1.82) is 0 Å². The number of allylic oxidation sites excluding steroid dienone is 2. The normalized spacial score (nSPS) is 23.2. The van der Waals surface area contributed by atoms with Gasteiger partial charge in [0, 0.05) is 11.8 Å². The minimum Gasteiger partial charge on any atom is -0.471 e. The minimum absolute atomic E-state index is 0.509. The van der Waals surface area contributed by atoms with Gasteiger partial charge in [0.2, 0.25) is 0 Å². The number of rotatable bonds is 0. The summed E-state index contributed by atoms with van der Waals surface area (Å²) in [4.78, 5) is 0. The smallest absolute Gasteiger partial charge is 0.179 e. The molecule has 0 unspecified atom stereocenters. The van der Waals surface area contributed by atoms with Crippen LogP contribution in [0.15, 0.2) is 23.6 Å². The predicted octanol–water partition coefficient (Wildman–Crippen LogP) is 1.53. The van der Waals surface area contributed by atoms with Crippen LogP contribution in [0.1, 0.15) is 19.3 Å². The Morgan fingerprint density at radius 3 is 3.40 bits per heavy atom. The summed E-state index contributed by atoms with van der Waals surface area (Å²) in [5.74, 6) is 1.07. The van der Waals surface area contributed by atoms with Gasteiger partial charge in [-0.3, -0.25) is 5.32 Å². The van der Waals surface area contributed by atoms with E-state index < -0.39 is 0 Å². The van der Waals surface area contributed by atoms with Gasteiger partial charge in [-0.25, -0.2) is 0 Å². The number of nitrogens with zero attached hydrogens (tertiary/aromatic N) is 1. The fourth-order valence-corrected chi connectivity index (χ4v) is 1.31. The van der Waals surface area contributed by atoms with Crippen molar-refractivity contribution < 1.29 is 4.74 Å². The highest BCUT2D eigenvalue weighted by molar-refractivity contribution is 5.28. The molecule has 1 radical (unpaired) electrons. The van der Waals surface area contributed by atoms with Crippen LogP contribution in [-0.4, -0.2) is 6.73 Å². The molecule has 0 atom stereocenters. The van der Waals surface area contributed by atoms with Gasteiger partial charge in [0.25, 0.3) is 0 Å². The lowest BCUT2D eigenvalue weighted by Crippen LogP contribution is -2.14. The average Bonchev–Trinajstić information content (AvgIpc) is 2.05. The molecule has 2 rings (SSSR count). The first kappa shape index (κ1) is 5.83. The maximum Gasteiger partial charge on any atom is 0.179 e. The highest BCUT2D eigenvalue weighted by atomic mass is 16.5. The van der Waals surface area contributed by atoms with E-state index in [9.17, 15) is 0 Å². The molecule has 0 saturated heterocycles. The van der Waals surface area contributed by atoms with Crippen LogP contribution in [0, 0.1) is 0 Å². The van der Waals surface area contributed by atoms with Crippen LogP contribution in [0.25, 0.3) is 0 Å². The third-order valence-corrected chi connectivity index (χ3v) is 1.84. The summed E-state index contributed by atoms with van der Waals surface area (Å²) in [6.07, 6.45) is 7.63. The highest BCUT2D eigenvalue weighted by Crippen LogP contribution is 2.25. The lowest BCUT2D eigenvalue weighted by molar-refractivity contribution is 0.188. The monoisotopic (exact) mass is 136 g/mol. The number of hydrogen-bond acceptors (Lipinski definition) is 1. The van der Waals surface area contributed by atoms with E-state index in [1.807, 2.05) is 6.20 Å². The Labute approximate surface area is 60.6 Å². The van der Waals surface area contributed by atoms with Crippen LogP contribution in [0.4, 0.5) is 0 Å². The van der Waals surface area contributed by atoms with Gasteiger partial charge in [-0.2, -0.15) is 0 Å². The van der Waals surface area contributed by atoms with Gasteiger partial charge < -0.3 is 4.74 Å². The van der Waals surface area contributed by atoms with Gasteiger partial charge in [-0.05, 0) is 25.3 Å². The summed E-state index contributed by atoms with van der Waals surface area (Å²) in [6.45, 7) is 0.509. The second kappa shape index (κ2) is 2.37. The quantitative estimate of drug-likeness (QED) is 0.495. The largest absolute Gasteiger partial charge is 0.471 e. The molecule has 0 aromatic rings. The van der Waals surface area contributed by atoms with E-state index >= 15 is 0 Å². The maximum atomic E-state index is 5.31. The molecule has 2 heteroatoms. The van der Waals surface area contributed by atoms with Crippen molar-refractivity contribution in [2.45, 2.75) is 19.3 Å². The van der Waals surface area contributed by atoms with Crippen molar-refractivity contribution in [2.75, 3.05) is 6.73 Å². The fourth-order valence-electron chi connectivity index (χ4n) is 1.31. The van der Waals surface area contributed by atoms with Crippen molar-refractivity contribution in [3.8, 4) is 0 Å². The van der Waals surface area contributed by atoms with Crippen molar-refractivity contribution in [2.24, 2.45) is 0 Å². The molecule has 0 aromatic carbocycles. The molecule has 0 spiro atoms. The first-order chi connectivity index (χ1) is 4.97. The zero-order valence-corrected chi connectivity index (χ0v) is 5.84. The Bertz CT molecular complexity index is 171. The fraction of sp³-hybridized carbons (Fsp3) is 0.500. The van der Waals surface area contributed by atoms with Crippen molar-refractivity contribution >= 4 is 0 Å². The zero-order chi connectivity index (χ0) is 6.81. The summed E-state index contributed by atoms with van der Waals surface area (Å²) in [6, 6.07) is 0. The Hall–Kier alpha value is -0.920. The summed E-state index contributed by atoms with van der Waals surface area (Å²) < 4.78 is 5.31. The zero-order valence-electron chi connectivity index (χ0n) is 5.84. The van der Waals surface area contributed by atoms with Crippen LogP contribution in [0.3, 0.4) is 0 Å². The standard InChI is InChI=1S/C8H10NO/c1-2-4-8-7(3-1)5-9-6-10-8/h4-5H,1-3,6H2. The van der Waals surface area contributed by atoms with Crippen LogP contribution in [0.5, 0.6) is 0 Å². The van der Waals surface area contributed by atoms with Crippen LogP contribution in [-0.2, 0) is 4.74 Å². The molecule has 0 amide bonds. The first-order valence-electron chi connectivity index (χ1n) is 3.66. The molecule has 0 aromatic heterocycles. The molecule has 1 aliphatic heterocycles. The van der Waals surface area contributed by atoms with Crippen LogP contribution >= 0.6 is 0 Å². The van der Waals surface area contributed by atoms with Gasteiger partial charge in [0.15, 0.2) is 6.73 Å². The SMILES string of the molecule is C1=C2CCCC=C2OC[N]1. The van der Waals surface area contributed by atoms with Gasteiger partial charge in [-0.1, -0.05) is 0 Å². The number of ether oxygens (including phenoxy) is 1. The molecule has 1 aliphatic carbocycles. The van der Waals surface area contributed by atoms with E-state index in [-0.39, 0.29) is 0 Å². The topological polar surface area (TPSA) is 23.3 Å². The van der Waals surface area contributed by atoms with Gasteiger partial charge in [-0.15, -0.1) is 0 Å². The van der Waals surface area contributed by atoms with E-state index in [0.29, 0.717) is 6.73 Å². The van der Waals surface area contributed by atoms with Crippen LogP contribution in [0.2, 0.25) is 0 Å². The summed E-state index contributed by atoms with van der Waals surface area (Å²) >= 11 is 0. The van der Waals surface area contributed by atoms with Crippen molar-refractivity contribution in [1.82, 2.24) is 5.32 Å². The van der Waals surface area contributed by atoms with Crippen LogP contribution < -0.4 is 5.32 Å². The summed E-state index contributed by atoms with van der Waals surface area (Å²) in [5.41, 5.74) is 1.28. The average molecular weight is 136 g/mol. The first-order valence-corrected chi connectivity index (χ1v) is 3.66. The molecular weight excluding hydrogens is 126 g/mol. The molecule has 2 aliphatic rings. The number of hydrogen-bond donors (Lipinski definition) is 0. The van der Waals surface area contributed by atoms with Gasteiger partial charge >= 0.3 is 0 Å². The lowest BCUT2D eigenvalue weighted by Gasteiger charge is -2.20. The lowest BCUT2D eigenvalue weighted by atomic mass is 10.0. The summed E-state index contributed by atoms with van der Waals surface area (Å²) in [5, 5.41) is 4.04. The molecule has 53 valence electrons. The Balaban J connectivity index is 2.25. The van der Waals surface area contributed by atoms with Crippen molar-refractivity contribution in [3.63, 3.8) is 0 Å². The molecule has 0 bridgehead atoms. The number of fused-ring (bicyclic) bond motifs is 1. The molecular formula is C8H10NO.